The molecule has 0 unspecified atom stereocenters. The Labute approximate surface area is 146 Å². The molecule has 22 heavy (non-hydrogen) atoms. The maximum absolute atomic E-state index is 4.78. The molecule has 0 N–H and O–H groups in total. The SMILES string of the molecule is C[n+]1cc(-c2ccc3ccccc3n2)cc2ccccc21.[I-]. The molecule has 2 heterocycles. The third-order valence-electron chi connectivity index (χ3n) is 3.85. The highest BCUT2D eigenvalue weighted by Gasteiger charge is 2.10. The van der Waals surface area contributed by atoms with E-state index in [-0.39, 0.29) is 24.0 Å². The summed E-state index contributed by atoms with van der Waals surface area (Å²) in [5.74, 6) is 0. The quantitative estimate of drug-likeness (QED) is 0.344. The highest BCUT2D eigenvalue weighted by atomic mass is 127. The van der Waals surface area contributed by atoms with Gasteiger partial charge in [0, 0.05) is 16.8 Å². The molecule has 0 atom stereocenters. The standard InChI is InChI=1S/C19H15N2.HI/c1-21-13-16(12-15-7-3-5-9-19(15)21)18-11-10-14-6-2-4-8-17(14)20-18;/h2-13H,1H3;1H/q+1;/p-1. The Morgan fingerprint density at radius 1 is 0.818 bits per heavy atom. The molecule has 3 heteroatoms. The average Bonchev–Trinajstić information content (AvgIpc) is 2.54. The number of benzene rings is 2. The summed E-state index contributed by atoms with van der Waals surface area (Å²) in [7, 11) is 2.08. The lowest BCUT2D eigenvalue weighted by molar-refractivity contribution is -0.644. The molecular formula is C19H15IN2. The van der Waals surface area contributed by atoms with Gasteiger partial charge in [0.15, 0.2) is 6.20 Å². The smallest absolute Gasteiger partial charge is 0.212 e. The maximum atomic E-state index is 4.78. The number of nitrogens with zero attached hydrogens (tertiary/aromatic N) is 2. The number of hydrogen-bond acceptors (Lipinski definition) is 1. The molecule has 0 amide bonds. The van der Waals surface area contributed by atoms with Crippen molar-refractivity contribution in [3.8, 4) is 11.3 Å². The minimum Gasteiger partial charge on any atom is -1.00 e. The summed E-state index contributed by atoms with van der Waals surface area (Å²) in [4.78, 5) is 4.78. The van der Waals surface area contributed by atoms with Crippen LogP contribution >= 0.6 is 0 Å². The maximum Gasteiger partial charge on any atom is 0.212 e. The van der Waals surface area contributed by atoms with E-state index in [0.29, 0.717) is 0 Å². The van der Waals surface area contributed by atoms with Crippen molar-refractivity contribution in [2.75, 3.05) is 0 Å². The molecule has 0 radical (unpaired) electrons. The third-order valence-corrected chi connectivity index (χ3v) is 3.85. The van der Waals surface area contributed by atoms with Crippen LogP contribution in [0.4, 0.5) is 0 Å². The van der Waals surface area contributed by atoms with E-state index in [1.165, 1.54) is 16.3 Å². The van der Waals surface area contributed by atoms with Crippen molar-refractivity contribution < 1.29 is 28.5 Å². The highest BCUT2D eigenvalue weighted by molar-refractivity contribution is 5.84. The monoisotopic (exact) mass is 398 g/mol. The van der Waals surface area contributed by atoms with E-state index in [1.807, 2.05) is 12.1 Å². The van der Waals surface area contributed by atoms with E-state index in [4.69, 9.17) is 4.98 Å². The van der Waals surface area contributed by atoms with Crippen molar-refractivity contribution in [1.82, 2.24) is 4.98 Å². The van der Waals surface area contributed by atoms with Gasteiger partial charge in [0.2, 0.25) is 5.52 Å². The van der Waals surface area contributed by atoms with Crippen molar-refractivity contribution in [1.29, 1.82) is 0 Å². The Morgan fingerprint density at radius 3 is 2.41 bits per heavy atom. The van der Waals surface area contributed by atoms with Gasteiger partial charge in [-0.15, -0.1) is 0 Å². The zero-order chi connectivity index (χ0) is 14.2. The van der Waals surface area contributed by atoms with Gasteiger partial charge >= 0.3 is 0 Å². The van der Waals surface area contributed by atoms with E-state index >= 15 is 0 Å². The van der Waals surface area contributed by atoms with Gasteiger partial charge in [-0.1, -0.05) is 36.4 Å². The number of hydrogen-bond donors (Lipinski definition) is 0. The summed E-state index contributed by atoms with van der Waals surface area (Å²) in [5, 5.41) is 2.40. The van der Waals surface area contributed by atoms with Crippen LogP contribution in [0.15, 0.2) is 72.9 Å². The minimum atomic E-state index is 0. The number of aryl methyl sites for hydroxylation is 1. The van der Waals surface area contributed by atoms with Gasteiger partial charge < -0.3 is 24.0 Å². The van der Waals surface area contributed by atoms with Crippen LogP contribution in [0, 0.1) is 0 Å². The predicted molar refractivity (Wildman–Crippen MR) is 85.9 cm³/mol. The molecule has 0 saturated carbocycles. The van der Waals surface area contributed by atoms with Crippen LogP contribution < -0.4 is 28.5 Å². The molecule has 0 aliphatic carbocycles. The third kappa shape index (κ3) is 2.57. The Morgan fingerprint density at radius 2 is 1.55 bits per heavy atom. The molecule has 4 aromatic rings. The summed E-state index contributed by atoms with van der Waals surface area (Å²) >= 11 is 0. The fraction of sp³-hybridized carbons (Fsp3) is 0.0526. The molecule has 2 aromatic heterocycles. The molecule has 4 rings (SSSR count). The lowest BCUT2D eigenvalue weighted by Gasteiger charge is -2.04. The van der Waals surface area contributed by atoms with Gasteiger partial charge in [-0.05, 0) is 24.3 Å². The van der Waals surface area contributed by atoms with Gasteiger partial charge in [0.25, 0.3) is 0 Å². The van der Waals surface area contributed by atoms with Crippen molar-refractivity contribution in [2.45, 2.75) is 0 Å². The number of para-hydroxylation sites is 2. The zero-order valence-electron chi connectivity index (χ0n) is 12.2. The van der Waals surface area contributed by atoms with E-state index < -0.39 is 0 Å². The Balaban J connectivity index is 0.00000144. The van der Waals surface area contributed by atoms with Gasteiger partial charge in [-0.25, -0.2) is 9.55 Å². The first-order valence-electron chi connectivity index (χ1n) is 7.06. The molecule has 0 bridgehead atoms. The largest absolute Gasteiger partial charge is 1.00 e. The number of aromatic nitrogens is 2. The number of rotatable bonds is 1. The number of halogens is 1. The first-order chi connectivity index (χ1) is 10.3. The minimum absolute atomic E-state index is 0. The Bertz CT molecular complexity index is 963. The predicted octanol–water partition coefficient (Wildman–Crippen LogP) is 0.883. The Kier molecular flexibility index (Phi) is 4.07. The molecule has 108 valence electrons. The molecule has 0 aliphatic rings. The molecular weight excluding hydrogens is 383 g/mol. The second-order valence-electron chi connectivity index (χ2n) is 5.29. The van der Waals surface area contributed by atoms with Crippen LogP contribution in [-0.4, -0.2) is 4.98 Å². The molecule has 0 aliphatic heterocycles. The molecule has 2 aromatic carbocycles. The lowest BCUT2D eigenvalue weighted by atomic mass is 10.1. The second kappa shape index (κ2) is 6.01. The average molecular weight is 398 g/mol. The van der Waals surface area contributed by atoms with Crippen LogP contribution in [0.1, 0.15) is 0 Å². The van der Waals surface area contributed by atoms with Gasteiger partial charge in [0.05, 0.1) is 16.8 Å². The van der Waals surface area contributed by atoms with Crippen molar-refractivity contribution in [2.24, 2.45) is 7.05 Å². The summed E-state index contributed by atoms with van der Waals surface area (Å²) in [6.45, 7) is 0. The molecule has 0 saturated heterocycles. The summed E-state index contributed by atoms with van der Waals surface area (Å²) in [6.07, 6.45) is 2.14. The highest BCUT2D eigenvalue weighted by Crippen LogP contribution is 2.22. The molecule has 0 fully saturated rings. The van der Waals surface area contributed by atoms with Crippen LogP contribution in [0.5, 0.6) is 0 Å². The topological polar surface area (TPSA) is 16.8 Å². The van der Waals surface area contributed by atoms with Crippen LogP contribution in [0.2, 0.25) is 0 Å². The normalized spacial score (nSPS) is 10.6. The van der Waals surface area contributed by atoms with E-state index in [2.05, 4.69) is 72.4 Å². The van der Waals surface area contributed by atoms with Gasteiger partial charge in [-0.2, -0.15) is 0 Å². The van der Waals surface area contributed by atoms with E-state index in [0.717, 1.165) is 16.8 Å². The fourth-order valence-electron chi connectivity index (χ4n) is 2.78. The zero-order valence-corrected chi connectivity index (χ0v) is 14.4. The van der Waals surface area contributed by atoms with Gasteiger partial charge in [-0.3, -0.25) is 0 Å². The first-order valence-corrected chi connectivity index (χ1v) is 7.06. The molecule has 0 spiro atoms. The first kappa shape index (κ1) is 14.9. The van der Waals surface area contributed by atoms with Crippen molar-refractivity contribution in [3.63, 3.8) is 0 Å². The summed E-state index contributed by atoms with van der Waals surface area (Å²) in [5.41, 5.74) is 4.41. The number of fused-ring (bicyclic) bond motifs is 2. The van der Waals surface area contributed by atoms with E-state index in [9.17, 15) is 0 Å². The van der Waals surface area contributed by atoms with Crippen LogP contribution in [0.3, 0.4) is 0 Å². The van der Waals surface area contributed by atoms with E-state index in [1.54, 1.807) is 0 Å². The van der Waals surface area contributed by atoms with Crippen LogP contribution in [0.25, 0.3) is 33.1 Å². The van der Waals surface area contributed by atoms with Crippen LogP contribution in [-0.2, 0) is 7.05 Å². The Hall–Kier alpha value is -2.01. The summed E-state index contributed by atoms with van der Waals surface area (Å²) in [6, 6.07) is 23.0. The fourth-order valence-corrected chi connectivity index (χ4v) is 2.78. The second-order valence-corrected chi connectivity index (χ2v) is 5.29. The van der Waals surface area contributed by atoms with Gasteiger partial charge in [0.1, 0.15) is 7.05 Å². The number of pyridine rings is 2. The lowest BCUT2D eigenvalue weighted by Crippen LogP contribution is -3.00. The molecule has 2 nitrogen and oxygen atoms in total. The van der Waals surface area contributed by atoms with Crippen molar-refractivity contribution >= 4 is 21.8 Å². The summed E-state index contributed by atoms with van der Waals surface area (Å²) < 4.78 is 2.15. The van der Waals surface area contributed by atoms with Crippen molar-refractivity contribution in [3.05, 3.63) is 72.9 Å².